The molecule has 1 aromatic carbocycles. The van der Waals surface area contributed by atoms with E-state index in [-0.39, 0.29) is 5.91 Å². The summed E-state index contributed by atoms with van der Waals surface area (Å²) in [6.07, 6.45) is 4.05. The van der Waals surface area contributed by atoms with Crippen molar-refractivity contribution in [2.75, 3.05) is 5.32 Å². The van der Waals surface area contributed by atoms with Crippen molar-refractivity contribution < 1.29 is 4.79 Å². The van der Waals surface area contributed by atoms with Crippen LogP contribution in [0.1, 0.15) is 20.3 Å². The highest BCUT2D eigenvalue weighted by atomic mass is 35.5. The number of nitrogens with zero attached hydrogens (tertiary/aromatic N) is 2. The summed E-state index contributed by atoms with van der Waals surface area (Å²) < 4.78 is 1.62. The zero-order valence-electron chi connectivity index (χ0n) is 12.1. The summed E-state index contributed by atoms with van der Waals surface area (Å²) in [5.41, 5.74) is 7.13. The second kappa shape index (κ2) is 6.74. The van der Waals surface area contributed by atoms with Crippen LogP contribution in [-0.2, 0) is 4.79 Å². The fraction of sp³-hybridized carbons (Fsp3) is 0.333. The number of amides is 1. The average molecular weight is 307 g/mol. The van der Waals surface area contributed by atoms with Crippen molar-refractivity contribution in [2.45, 2.75) is 26.3 Å². The number of carbonyl (C=O) groups excluding carboxylic acids is 1. The van der Waals surface area contributed by atoms with E-state index in [1.807, 2.05) is 13.8 Å². The molecule has 0 unspecified atom stereocenters. The Labute approximate surface area is 129 Å². The molecule has 1 aromatic heterocycles. The lowest BCUT2D eigenvalue weighted by Crippen LogP contribution is -2.36. The third-order valence-corrected chi connectivity index (χ3v) is 3.35. The summed E-state index contributed by atoms with van der Waals surface area (Å²) in [6, 6.07) is 6.55. The first-order valence-electron chi connectivity index (χ1n) is 6.84. The van der Waals surface area contributed by atoms with Crippen molar-refractivity contribution in [1.29, 1.82) is 0 Å². The quantitative estimate of drug-likeness (QED) is 0.892. The molecule has 0 fully saturated rings. The van der Waals surface area contributed by atoms with Crippen LogP contribution in [0.15, 0.2) is 36.7 Å². The Morgan fingerprint density at radius 2 is 2.19 bits per heavy atom. The zero-order chi connectivity index (χ0) is 15.4. The molecule has 0 saturated carbocycles. The molecule has 1 atom stereocenters. The highest BCUT2D eigenvalue weighted by Gasteiger charge is 2.18. The van der Waals surface area contributed by atoms with E-state index in [1.165, 1.54) is 0 Å². The van der Waals surface area contributed by atoms with Gasteiger partial charge in [0.25, 0.3) is 0 Å². The second-order valence-electron chi connectivity index (χ2n) is 5.31. The van der Waals surface area contributed by atoms with Crippen LogP contribution in [0.25, 0.3) is 5.69 Å². The first kappa shape index (κ1) is 15.5. The fourth-order valence-electron chi connectivity index (χ4n) is 2.09. The number of hydrogen-bond donors (Lipinski definition) is 2. The van der Waals surface area contributed by atoms with Crippen LogP contribution in [0.3, 0.4) is 0 Å². The van der Waals surface area contributed by atoms with Gasteiger partial charge in [-0.05, 0) is 30.5 Å². The van der Waals surface area contributed by atoms with Crippen molar-refractivity contribution in [2.24, 2.45) is 11.7 Å². The number of hydrogen-bond acceptors (Lipinski definition) is 3. The normalized spacial score (nSPS) is 12.4. The minimum absolute atomic E-state index is 0.223. The van der Waals surface area contributed by atoms with Crippen LogP contribution < -0.4 is 11.1 Å². The minimum Gasteiger partial charge on any atom is -0.323 e. The summed E-state index contributed by atoms with van der Waals surface area (Å²) in [6.45, 7) is 4.06. The van der Waals surface area contributed by atoms with E-state index >= 15 is 0 Å². The molecule has 1 heterocycles. The van der Waals surface area contributed by atoms with Gasteiger partial charge in [0.2, 0.25) is 5.91 Å². The van der Waals surface area contributed by atoms with Gasteiger partial charge in [-0.15, -0.1) is 0 Å². The average Bonchev–Trinajstić information content (AvgIpc) is 2.91. The fourth-order valence-corrected chi connectivity index (χ4v) is 2.35. The summed E-state index contributed by atoms with van der Waals surface area (Å²) >= 11 is 6.22. The molecule has 2 rings (SSSR count). The van der Waals surface area contributed by atoms with Crippen molar-refractivity contribution in [1.82, 2.24) is 9.78 Å². The predicted molar refractivity (Wildman–Crippen MR) is 84.6 cm³/mol. The summed E-state index contributed by atoms with van der Waals surface area (Å²) in [4.78, 5) is 12.2. The summed E-state index contributed by atoms with van der Waals surface area (Å²) in [7, 11) is 0. The standard InChI is InChI=1S/C15H19ClN4O/c1-10(2)9-12(17)15(21)19-13-6-3-5-11(16)14(13)20-8-4-7-18-20/h3-8,10,12H,9,17H2,1-2H3,(H,19,21)/t12-/m0/s1. The largest absolute Gasteiger partial charge is 0.323 e. The van der Waals surface area contributed by atoms with E-state index in [4.69, 9.17) is 17.3 Å². The Balaban J connectivity index is 2.25. The molecule has 0 aliphatic carbocycles. The second-order valence-corrected chi connectivity index (χ2v) is 5.72. The van der Waals surface area contributed by atoms with Gasteiger partial charge in [0, 0.05) is 12.4 Å². The number of rotatable bonds is 5. The number of halogens is 1. The van der Waals surface area contributed by atoms with Gasteiger partial charge in [-0.25, -0.2) is 4.68 Å². The molecule has 0 aliphatic rings. The van der Waals surface area contributed by atoms with Crippen molar-refractivity contribution in [3.05, 3.63) is 41.7 Å². The highest BCUT2D eigenvalue weighted by Crippen LogP contribution is 2.28. The lowest BCUT2D eigenvalue weighted by atomic mass is 10.0. The zero-order valence-corrected chi connectivity index (χ0v) is 12.8. The Morgan fingerprint density at radius 1 is 1.43 bits per heavy atom. The van der Waals surface area contributed by atoms with Crippen LogP contribution in [0.5, 0.6) is 0 Å². The van der Waals surface area contributed by atoms with Gasteiger partial charge in [0.15, 0.2) is 0 Å². The number of nitrogens with two attached hydrogens (primary N) is 1. The molecule has 0 bridgehead atoms. The van der Waals surface area contributed by atoms with Gasteiger partial charge in [0.05, 0.1) is 16.8 Å². The predicted octanol–water partition coefficient (Wildman–Crippen LogP) is 2.84. The van der Waals surface area contributed by atoms with Crippen LogP contribution in [0.2, 0.25) is 5.02 Å². The van der Waals surface area contributed by atoms with Crippen LogP contribution in [-0.4, -0.2) is 21.7 Å². The van der Waals surface area contributed by atoms with E-state index < -0.39 is 6.04 Å². The first-order chi connectivity index (χ1) is 9.99. The number of nitrogens with one attached hydrogen (secondary N) is 1. The number of benzene rings is 1. The van der Waals surface area contributed by atoms with Crippen LogP contribution >= 0.6 is 11.6 Å². The van der Waals surface area contributed by atoms with Crippen molar-refractivity contribution >= 4 is 23.2 Å². The van der Waals surface area contributed by atoms with Crippen LogP contribution in [0, 0.1) is 5.92 Å². The number of anilines is 1. The maximum Gasteiger partial charge on any atom is 0.241 e. The van der Waals surface area contributed by atoms with Gasteiger partial charge < -0.3 is 11.1 Å². The van der Waals surface area contributed by atoms with E-state index in [2.05, 4.69) is 10.4 Å². The molecule has 1 amide bonds. The number of aromatic nitrogens is 2. The number of carbonyl (C=O) groups is 1. The molecule has 0 radical (unpaired) electrons. The van der Waals surface area contributed by atoms with Crippen molar-refractivity contribution in [3.63, 3.8) is 0 Å². The van der Waals surface area contributed by atoms with E-state index in [9.17, 15) is 4.79 Å². The maximum atomic E-state index is 12.2. The Kier molecular flexibility index (Phi) is 4.98. The Bertz CT molecular complexity index is 610. The minimum atomic E-state index is -0.547. The summed E-state index contributed by atoms with van der Waals surface area (Å²) in [5, 5.41) is 7.50. The molecule has 0 spiro atoms. The monoisotopic (exact) mass is 306 g/mol. The Morgan fingerprint density at radius 3 is 2.81 bits per heavy atom. The van der Waals surface area contributed by atoms with Crippen LogP contribution in [0.4, 0.5) is 5.69 Å². The SMILES string of the molecule is CC(C)C[C@H](N)C(=O)Nc1cccc(Cl)c1-n1cccn1. The third kappa shape index (κ3) is 3.83. The molecule has 0 aliphatic heterocycles. The first-order valence-corrected chi connectivity index (χ1v) is 7.21. The maximum absolute atomic E-state index is 12.2. The molecule has 2 aromatic rings. The van der Waals surface area contributed by atoms with Gasteiger partial charge >= 0.3 is 0 Å². The van der Waals surface area contributed by atoms with Gasteiger partial charge in [0.1, 0.15) is 5.69 Å². The summed E-state index contributed by atoms with van der Waals surface area (Å²) in [5.74, 6) is 0.134. The lowest BCUT2D eigenvalue weighted by Gasteiger charge is -2.17. The van der Waals surface area contributed by atoms with E-state index in [1.54, 1.807) is 41.3 Å². The smallest absolute Gasteiger partial charge is 0.241 e. The molecular formula is C15H19ClN4O. The Hall–Kier alpha value is -1.85. The molecule has 5 nitrogen and oxygen atoms in total. The third-order valence-electron chi connectivity index (χ3n) is 3.04. The molecule has 112 valence electrons. The van der Waals surface area contributed by atoms with Gasteiger partial charge in [-0.2, -0.15) is 5.10 Å². The molecule has 0 saturated heterocycles. The molecule has 3 N–H and O–H groups in total. The number of para-hydroxylation sites is 1. The topological polar surface area (TPSA) is 72.9 Å². The van der Waals surface area contributed by atoms with Crippen molar-refractivity contribution in [3.8, 4) is 5.69 Å². The molecule has 21 heavy (non-hydrogen) atoms. The molecular weight excluding hydrogens is 288 g/mol. The van der Waals surface area contributed by atoms with E-state index in [0.717, 1.165) is 0 Å². The van der Waals surface area contributed by atoms with Gasteiger partial charge in [-0.3, -0.25) is 4.79 Å². The molecule has 6 heteroatoms. The lowest BCUT2D eigenvalue weighted by molar-refractivity contribution is -0.117. The van der Waals surface area contributed by atoms with E-state index in [0.29, 0.717) is 28.7 Å². The highest BCUT2D eigenvalue weighted by molar-refractivity contribution is 6.33. The van der Waals surface area contributed by atoms with Gasteiger partial charge in [-0.1, -0.05) is 31.5 Å².